The molecule has 0 spiro atoms. The standard InChI is InChI=1S/C22H22N4O2/c1-14-4-3-5-19-20(14)25(18-10-11-18)12-13-26(19)22(27)17-8-6-16(7-9-17)21-24-23-15(2)28-21/h3-9,18H,10-13H2,1-2H3. The minimum absolute atomic E-state index is 0.0237. The van der Waals surface area contributed by atoms with Crippen LogP contribution in [0.3, 0.4) is 0 Å². The molecular weight excluding hydrogens is 352 g/mol. The normalized spacial score (nSPS) is 16.2. The van der Waals surface area contributed by atoms with Crippen LogP contribution in [0.2, 0.25) is 0 Å². The maximum Gasteiger partial charge on any atom is 0.258 e. The summed E-state index contributed by atoms with van der Waals surface area (Å²) in [7, 11) is 0. The first-order chi connectivity index (χ1) is 13.6. The van der Waals surface area contributed by atoms with Gasteiger partial charge in [0.15, 0.2) is 0 Å². The summed E-state index contributed by atoms with van der Waals surface area (Å²) in [6.45, 7) is 5.47. The number of rotatable bonds is 3. The van der Waals surface area contributed by atoms with Crippen molar-refractivity contribution in [3.63, 3.8) is 0 Å². The van der Waals surface area contributed by atoms with Crippen LogP contribution in [0.15, 0.2) is 46.9 Å². The molecule has 2 aromatic carbocycles. The van der Waals surface area contributed by atoms with Crippen molar-refractivity contribution < 1.29 is 9.21 Å². The molecule has 0 N–H and O–H groups in total. The molecule has 0 radical (unpaired) electrons. The molecule has 2 aliphatic rings. The van der Waals surface area contributed by atoms with E-state index >= 15 is 0 Å². The lowest BCUT2D eigenvalue weighted by molar-refractivity contribution is 0.0986. The number of anilines is 2. The Balaban J connectivity index is 1.45. The highest BCUT2D eigenvalue weighted by Gasteiger charge is 2.36. The summed E-state index contributed by atoms with van der Waals surface area (Å²) in [5.74, 6) is 1.02. The van der Waals surface area contributed by atoms with Gasteiger partial charge >= 0.3 is 0 Å². The van der Waals surface area contributed by atoms with Crippen molar-refractivity contribution in [1.82, 2.24) is 10.2 Å². The van der Waals surface area contributed by atoms with Crippen LogP contribution in [0, 0.1) is 13.8 Å². The number of nitrogens with zero attached hydrogens (tertiary/aromatic N) is 4. The number of fused-ring (bicyclic) bond motifs is 1. The molecule has 2 heterocycles. The number of hydrogen-bond acceptors (Lipinski definition) is 5. The van der Waals surface area contributed by atoms with Crippen LogP contribution < -0.4 is 9.80 Å². The van der Waals surface area contributed by atoms with Crippen molar-refractivity contribution in [2.24, 2.45) is 0 Å². The van der Waals surface area contributed by atoms with E-state index in [1.165, 1.54) is 24.1 Å². The largest absolute Gasteiger partial charge is 0.421 e. The van der Waals surface area contributed by atoms with E-state index in [4.69, 9.17) is 4.42 Å². The highest BCUT2D eigenvalue weighted by Crippen LogP contribution is 2.42. The van der Waals surface area contributed by atoms with Crippen LogP contribution in [-0.4, -0.2) is 35.2 Å². The Bertz CT molecular complexity index is 1040. The first-order valence-electron chi connectivity index (χ1n) is 9.70. The van der Waals surface area contributed by atoms with Gasteiger partial charge in [0.1, 0.15) is 0 Å². The molecule has 1 amide bonds. The quantitative estimate of drug-likeness (QED) is 0.694. The van der Waals surface area contributed by atoms with E-state index in [1.54, 1.807) is 6.92 Å². The number of aromatic nitrogens is 2. The molecule has 1 aliphatic heterocycles. The molecule has 6 heteroatoms. The number of carbonyl (C=O) groups is 1. The zero-order valence-electron chi connectivity index (χ0n) is 16.1. The molecule has 3 aromatic rings. The zero-order valence-corrected chi connectivity index (χ0v) is 16.1. The van der Waals surface area contributed by atoms with E-state index in [-0.39, 0.29) is 5.91 Å². The van der Waals surface area contributed by atoms with E-state index in [0.717, 1.165) is 17.8 Å². The van der Waals surface area contributed by atoms with Gasteiger partial charge in [0.2, 0.25) is 11.8 Å². The van der Waals surface area contributed by atoms with Gasteiger partial charge < -0.3 is 14.2 Å². The van der Waals surface area contributed by atoms with Crippen LogP contribution in [0.25, 0.3) is 11.5 Å². The van der Waals surface area contributed by atoms with E-state index in [2.05, 4.69) is 34.2 Å². The molecule has 0 bridgehead atoms. The number of para-hydroxylation sites is 1. The molecule has 0 atom stereocenters. The van der Waals surface area contributed by atoms with Gasteiger partial charge in [-0.2, -0.15) is 0 Å². The fraction of sp³-hybridized carbons (Fsp3) is 0.318. The molecule has 1 aromatic heterocycles. The lowest BCUT2D eigenvalue weighted by Gasteiger charge is -2.39. The third-order valence-corrected chi connectivity index (χ3v) is 5.50. The van der Waals surface area contributed by atoms with Crippen molar-refractivity contribution in [1.29, 1.82) is 0 Å². The Morgan fingerprint density at radius 3 is 2.50 bits per heavy atom. The maximum atomic E-state index is 13.3. The zero-order chi connectivity index (χ0) is 19.3. The predicted octanol–water partition coefficient (Wildman–Crippen LogP) is 3.98. The summed E-state index contributed by atoms with van der Waals surface area (Å²) in [5.41, 5.74) is 4.92. The van der Waals surface area contributed by atoms with Crippen LogP contribution in [0.1, 0.15) is 34.7 Å². The highest BCUT2D eigenvalue weighted by molar-refractivity contribution is 6.08. The van der Waals surface area contributed by atoms with Gasteiger partial charge in [0, 0.05) is 37.2 Å². The third-order valence-electron chi connectivity index (χ3n) is 5.50. The Morgan fingerprint density at radius 2 is 1.82 bits per heavy atom. The van der Waals surface area contributed by atoms with Crippen molar-refractivity contribution in [3.8, 4) is 11.5 Å². The number of hydrogen-bond donors (Lipinski definition) is 0. The average molecular weight is 374 g/mol. The summed E-state index contributed by atoms with van der Waals surface area (Å²) < 4.78 is 5.46. The molecule has 1 aliphatic carbocycles. The van der Waals surface area contributed by atoms with Gasteiger partial charge in [0.05, 0.1) is 11.4 Å². The summed E-state index contributed by atoms with van der Waals surface area (Å²) >= 11 is 0. The predicted molar refractivity (Wildman–Crippen MR) is 108 cm³/mol. The Hall–Kier alpha value is -3.15. The van der Waals surface area contributed by atoms with E-state index in [9.17, 15) is 4.79 Å². The molecule has 6 nitrogen and oxygen atoms in total. The topological polar surface area (TPSA) is 62.5 Å². The summed E-state index contributed by atoms with van der Waals surface area (Å²) in [6, 6.07) is 14.2. The molecule has 0 unspecified atom stereocenters. The number of aryl methyl sites for hydroxylation is 2. The first kappa shape index (κ1) is 17.0. The first-order valence-corrected chi connectivity index (χ1v) is 9.70. The van der Waals surface area contributed by atoms with Crippen molar-refractivity contribution in [2.45, 2.75) is 32.7 Å². The van der Waals surface area contributed by atoms with Gasteiger partial charge in [-0.25, -0.2) is 0 Å². The van der Waals surface area contributed by atoms with Gasteiger partial charge in [-0.1, -0.05) is 12.1 Å². The summed E-state index contributed by atoms with van der Waals surface area (Å²) in [6.07, 6.45) is 2.50. The smallest absolute Gasteiger partial charge is 0.258 e. The molecule has 5 rings (SSSR count). The number of carbonyl (C=O) groups excluding carboxylic acids is 1. The van der Waals surface area contributed by atoms with E-state index in [1.807, 2.05) is 35.2 Å². The molecule has 0 saturated heterocycles. The fourth-order valence-electron chi connectivity index (χ4n) is 3.96. The third kappa shape index (κ3) is 2.85. The molecule has 142 valence electrons. The molecule has 28 heavy (non-hydrogen) atoms. The fourth-order valence-corrected chi connectivity index (χ4v) is 3.96. The van der Waals surface area contributed by atoms with Crippen LogP contribution in [-0.2, 0) is 0 Å². The number of amides is 1. The molecule has 1 fully saturated rings. The lowest BCUT2D eigenvalue weighted by Crippen LogP contribution is -2.45. The van der Waals surface area contributed by atoms with Crippen LogP contribution in [0.5, 0.6) is 0 Å². The van der Waals surface area contributed by atoms with Crippen molar-refractivity contribution in [3.05, 3.63) is 59.5 Å². The summed E-state index contributed by atoms with van der Waals surface area (Å²) in [4.78, 5) is 17.7. The minimum atomic E-state index is 0.0237. The highest BCUT2D eigenvalue weighted by atomic mass is 16.4. The van der Waals surface area contributed by atoms with E-state index < -0.39 is 0 Å². The molecule has 1 saturated carbocycles. The van der Waals surface area contributed by atoms with Crippen molar-refractivity contribution in [2.75, 3.05) is 22.9 Å². The Labute approximate surface area is 163 Å². The Kier molecular flexibility index (Phi) is 3.93. The maximum absolute atomic E-state index is 13.3. The molecular formula is C22H22N4O2. The Morgan fingerprint density at radius 1 is 1.04 bits per heavy atom. The SMILES string of the molecule is Cc1nnc(-c2ccc(C(=O)N3CCN(C4CC4)c4c(C)cccc43)cc2)o1. The van der Waals surface area contributed by atoms with Crippen LogP contribution in [0.4, 0.5) is 11.4 Å². The minimum Gasteiger partial charge on any atom is -0.421 e. The van der Waals surface area contributed by atoms with E-state index in [0.29, 0.717) is 29.9 Å². The van der Waals surface area contributed by atoms with Gasteiger partial charge in [-0.05, 0) is 55.7 Å². The monoisotopic (exact) mass is 374 g/mol. The number of benzene rings is 2. The second-order valence-corrected chi connectivity index (χ2v) is 7.53. The van der Waals surface area contributed by atoms with Gasteiger partial charge in [-0.15, -0.1) is 10.2 Å². The van der Waals surface area contributed by atoms with Gasteiger partial charge in [-0.3, -0.25) is 4.79 Å². The van der Waals surface area contributed by atoms with Crippen LogP contribution >= 0.6 is 0 Å². The second kappa shape index (κ2) is 6.48. The summed E-state index contributed by atoms with van der Waals surface area (Å²) in [5, 5.41) is 7.89. The lowest BCUT2D eigenvalue weighted by atomic mass is 10.0. The average Bonchev–Trinajstić information content (AvgIpc) is 3.47. The van der Waals surface area contributed by atoms with Gasteiger partial charge in [0.25, 0.3) is 5.91 Å². The van der Waals surface area contributed by atoms with Crippen molar-refractivity contribution >= 4 is 17.3 Å². The second-order valence-electron chi connectivity index (χ2n) is 7.53.